The Hall–Kier alpha value is -1.09. The van der Waals surface area contributed by atoms with Crippen LogP contribution in [0.1, 0.15) is 33.3 Å². The topological polar surface area (TPSA) is 21.3 Å². The summed E-state index contributed by atoms with van der Waals surface area (Å²) in [6, 6.07) is 5.68. The molecule has 0 saturated carbocycles. The second kappa shape index (κ2) is 6.19. The molecule has 1 N–H and O–H groups in total. The maximum absolute atomic E-state index is 13.8. The maximum Gasteiger partial charge on any atom is 0.167 e. The zero-order chi connectivity index (χ0) is 13.8. The normalized spacial score (nSPS) is 11.9. The second-order valence-electron chi connectivity index (χ2n) is 5.88. The molecule has 0 radical (unpaired) electrons. The summed E-state index contributed by atoms with van der Waals surface area (Å²) in [6.07, 6.45) is 0. The molecular formula is C15H24FNO. The van der Waals surface area contributed by atoms with Crippen molar-refractivity contribution < 1.29 is 9.13 Å². The molecule has 102 valence electrons. The second-order valence-corrected chi connectivity index (χ2v) is 5.88. The highest BCUT2D eigenvalue weighted by Gasteiger charge is 2.20. The molecule has 0 aliphatic heterocycles. The molecule has 1 aromatic carbocycles. The first-order chi connectivity index (χ1) is 8.32. The largest absolute Gasteiger partial charge is 0.490 e. The Balaban J connectivity index is 2.56. The molecule has 0 aromatic heterocycles. The SMILES string of the molecule is Cc1cccc(OCC(C)(C)CNC(C)C)c1F. The van der Waals surface area contributed by atoms with Crippen molar-refractivity contribution in [1.82, 2.24) is 5.32 Å². The van der Waals surface area contributed by atoms with Gasteiger partial charge in [-0.1, -0.05) is 39.8 Å². The molecule has 0 fully saturated rings. The summed E-state index contributed by atoms with van der Waals surface area (Å²) in [5.74, 6) is 0.0812. The van der Waals surface area contributed by atoms with Crippen LogP contribution in [-0.4, -0.2) is 19.2 Å². The van der Waals surface area contributed by atoms with E-state index in [2.05, 4.69) is 33.0 Å². The lowest BCUT2D eigenvalue weighted by Gasteiger charge is -2.26. The van der Waals surface area contributed by atoms with Gasteiger partial charge in [-0.2, -0.15) is 0 Å². The maximum atomic E-state index is 13.8. The van der Waals surface area contributed by atoms with E-state index in [1.165, 1.54) is 0 Å². The molecule has 0 spiro atoms. The third kappa shape index (κ3) is 4.65. The number of aryl methyl sites for hydroxylation is 1. The van der Waals surface area contributed by atoms with E-state index < -0.39 is 0 Å². The van der Waals surface area contributed by atoms with Gasteiger partial charge in [0.2, 0.25) is 0 Å². The first kappa shape index (κ1) is 15.0. The fourth-order valence-corrected chi connectivity index (χ4v) is 1.54. The Labute approximate surface area is 110 Å². The number of ether oxygens (including phenoxy) is 1. The van der Waals surface area contributed by atoms with Crippen LogP contribution in [0.4, 0.5) is 4.39 Å². The van der Waals surface area contributed by atoms with Crippen LogP contribution in [0, 0.1) is 18.2 Å². The van der Waals surface area contributed by atoms with E-state index in [0.29, 0.717) is 24.0 Å². The summed E-state index contributed by atoms with van der Waals surface area (Å²) < 4.78 is 19.3. The van der Waals surface area contributed by atoms with E-state index in [-0.39, 0.29) is 11.2 Å². The summed E-state index contributed by atoms with van der Waals surface area (Å²) in [5, 5.41) is 3.37. The van der Waals surface area contributed by atoms with Crippen LogP contribution in [0.25, 0.3) is 0 Å². The van der Waals surface area contributed by atoms with Gasteiger partial charge < -0.3 is 10.1 Å². The van der Waals surface area contributed by atoms with Crippen molar-refractivity contribution >= 4 is 0 Å². The van der Waals surface area contributed by atoms with Gasteiger partial charge in [0.25, 0.3) is 0 Å². The fourth-order valence-electron chi connectivity index (χ4n) is 1.54. The predicted octanol–water partition coefficient (Wildman–Crippen LogP) is 3.54. The lowest BCUT2D eigenvalue weighted by molar-refractivity contribution is 0.168. The van der Waals surface area contributed by atoms with E-state index in [1.54, 1.807) is 19.1 Å². The molecule has 0 saturated heterocycles. The van der Waals surface area contributed by atoms with E-state index >= 15 is 0 Å². The minimum Gasteiger partial charge on any atom is -0.490 e. The summed E-state index contributed by atoms with van der Waals surface area (Å²) in [7, 11) is 0. The zero-order valence-electron chi connectivity index (χ0n) is 12.0. The van der Waals surface area contributed by atoms with Crippen molar-refractivity contribution in [3.8, 4) is 5.75 Å². The van der Waals surface area contributed by atoms with Crippen LogP contribution < -0.4 is 10.1 Å². The lowest BCUT2D eigenvalue weighted by atomic mass is 9.94. The number of benzene rings is 1. The van der Waals surface area contributed by atoms with Gasteiger partial charge in [0.05, 0.1) is 6.61 Å². The Bertz CT molecular complexity index is 388. The molecule has 1 aromatic rings. The van der Waals surface area contributed by atoms with E-state index in [4.69, 9.17) is 4.74 Å². The highest BCUT2D eigenvalue weighted by atomic mass is 19.1. The minimum absolute atomic E-state index is 0.0273. The quantitative estimate of drug-likeness (QED) is 0.837. The zero-order valence-corrected chi connectivity index (χ0v) is 12.0. The molecular weight excluding hydrogens is 229 g/mol. The van der Waals surface area contributed by atoms with Crippen LogP contribution in [0.15, 0.2) is 18.2 Å². The van der Waals surface area contributed by atoms with Crippen LogP contribution in [0.5, 0.6) is 5.75 Å². The first-order valence-electron chi connectivity index (χ1n) is 6.43. The van der Waals surface area contributed by atoms with Gasteiger partial charge >= 0.3 is 0 Å². The minimum atomic E-state index is -0.259. The summed E-state index contributed by atoms with van der Waals surface area (Å²) in [5.41, 5.74) is 0.589. The lowest BCUT2D eigenvalue weighted by Crippen LogP contribution is -2.37. The number of rotatable bonds is 6. The molecule has 0 amide bonds. The molecule has 0 aliphatic carbocycles. The van der Waals surface area contributed by atoms with Crippen molar-refractivity contribution in [2.24, 2.45) is 5.41 Å². The number of nitrogens with one attached hydrogen (secondary N) is 1. The molecule has 1 rings (SSSR count). The Morgan fingerprint density at radius 2 is 2.00 bits per heavy atom. The van der Waals surface area contributed by atoms with Gasteiger partial charge in [-0.15, -0.1) is 0 Å². The molecule has 18 heavy (non-hydrogen) atoms. The van der Waals surface area contributed by atoms with Crippen molar-refractivity contribution in [2.75, 3.05) is 13.2 Å². The van der Waals surface area contributed by atoms with Gasteiger partial charge in [0.15, 0.2) is 11.6 Å². The van der Waals surface area contributed by atoms with Crippen molar-refractivity contribution in [3.05, 3.63) is 29.6 Å². The van der Waals surface area contributed by atoms with E-state index in [9.17, 15) is 4.39 Å². The van der Waals surface area contributed by atoms with Crippen LogP contribution in [0.3, 0.4) is 0 Å². The number of halogens is 1. The van der Waals surface area contributed by atoms with Crippen LogP contribution >= 0.6 is 0 Å². The third-order valence-corrected chi connectivity index (χ3v) is 2.76. The van der Waals surface area contributed by atoms with Gasteiger partial charge in [-0.05, 0) is 18.6 Å². The Kier molecular flexibility index (Phi) is 5.15. The summed E-state index contributed by atoms with van der Waals surface area (Å²) >= 11 is 0. The summed E-state index contributed by atoms with van der Waals surface area (Å²) in [6.45, 7) is 11.5. The predicted molar refractivity (Wildman–Crippen MR) is 73.6 cm³/mol. The Morgan fingerprint density at radius 1 is 1.33 bits per heavy atom. The summed E-state index contributed by atoms with van der Waals surface area (Å²) in [4.78, 5) is 0. The smallest absolute Gasteiger partial charge is 0.167 e. The molecule has 0 atom stereocenters. The number of hydrogen-bond donors (Lipinski definition) is 1. The van der Waals surface area contributed by atoms with Crippen molar-refractivity contribution in [2.45, 2.75) is 40.7 Å². The Morgan fingerprint density at radius 3 is 2.61 bits per heavy atom. The van der Waals surface area contributed by atoms with Gasteiger partial charge in [0, 0.05) is 18.0 Å². The highest BCUT2D eigenvalue weighted by Crippen LogP contribution is 2.22. The highest BCUT2D eigenvalue weighted by molar-refractivity contribution is 5.30. The molecule has 0 unspecified atom stereocenters. The number of hydrogen-bond acceptors (Lipinski definition) is 2. The molecule has 0 bridgehead atoms. The standard InChI is InChI=1S/C15H24FNO/c1-11(2)17-9-15(4,5)10-18-13-8-6-7-12(3)14(13)16/h6-8,11,17H,9-10H2,1-5H3. The monoisotopic (exact) mass is 253 g/mol. The third-order valence-electron chi connectivity index (χ3n) is 2.76. The van der Waals surface area contributed by atoms with Crippen molar-refractivity contribution in [3.63, 3.8) is 0 Å². The van der Waals surface area contributed by atoms with Gasteiger partial charge in [-0.25, -0.2) is 4.39 Å². The molecule has 0 heterocycles. The van der Waals surface area contributed by atoms with E-state index in [0.717, 1.165) is 6.54 Å². The first-order valence-corrected chi connectivity index (χ1v) is 6.43. The average molecular weight is 253 g/mol. The molecule has 0 aliphatic rings. The van der Waals surface area contributed by atoms with Crippen LogP contribution in [-0.2, 0) is 0 Å². The average Bonchev–Trinajstić information content (AvgIpc) is 2.29. The van der Waals surface area contributed by atoms with E-state index in [1.807, 2.05) is 6.07 Å². The fraction of sp³-hybridized carbons (Fsp3) is 0.600. The van der Waals surface area contributed by atoms with Gasteiger partial charge in [0.1, 0.15) is 0 Å². The molecule has 2 nitrogen and oxygen atoms in total. The molecule has 3 heteroatoms. The van der Waals surface area contributed by atoms with Gasteiger partial charge in [-0.3, -0.25) is 0 Å². The van der Waals surface area contributed by atoms with Crippen molar-refractivity contribution in [1.29, 1.82) is 0 Å². The van der Waals surface area contributed by atoms with Crippen LogP contribution in [0.2, 0.25) is 0 Å².